The number of carbonyl (C=O) groups excluding carboxylic acids is 1. The van der Waals surface area contributed by atoms with Gasteiger partial charge in [-0.3, -0.25) is 4.79 Å². The van der Waals surface area contributed by atoms with Crippen LogP contribution in [0.1, 0.15) is 17.3 Å². The topological polar surface area (TPSA) is 43.6 Å². The molecule has 1 aromatic heterocycles. The van der Waals surface area contributed by atoms with Crippen molar-refractivity contribution in [3.63, 3.8) is 0 Å². The molecule has 25 heavy (non-hydrogen) atoms. The van der Waals surface area contributed by atoms with Gasteiger partial charge in [0.1, 0.15) is 11.6 Å². The molecule has 1 amide bonds. The molecule has 6 heteroatoms. The normalized spacial score (nSPS) is 11.7. The Hall–Kier alpha value is -2.73. The fraction of sp³-hybridized carbons (Fsp3) is 0.158. The molecule has 0 aliphatic rings. The van der Waals surface area contributed by atoms with Gasteiger partial charge in [-0.1, -0.05) is 17.4 Å². The zero-order chi connectivity index (χ0) is 17.8. The lowest BCUT2D eigenvalue weighted by Gasteiger charge is -2.04. The van der Waals surface area contributed by atoms with Crippen molar-refractivity contribution in [2.45, 2.75) is 13.5 Å². The number of benzene rings is 2. The van der Waals surface area contributed by atoms with Gasteiger partial charge in [0.2, 0.25) is 0 Å². The Labute approximate surface area is 148 Å². The largest absolute Gasteiger partial charge is 0.494 e. The summed E-state index contributed by atoms with van der Waals surface area (Å²) in [5.74, 6) is -0.0172. The van der Waals surface area contributed by atoms with Crippen LogP contribution in [0.5, 0.6) is 5.75 Å². The second-order valence-electron chi connectivity index (χ2n) is 5.27. The molecule has 128 valence electrons. The van der Waals surface area contributed by atoms with Crippen LogP contribution in [-0.4, -0.2) is 17.1 Å². The fourth-order valence-corrected chi connectivity index (χ4v) is 3.51. The van der Waals surface area contributed by atoms with E-state index >= 15 is 0 Å². The van der Waals surface area contributed by atoms with Gasteiger partial charge in [-0.05, 0) is 49.4 Å². The van der Waals surface area contributed by atoms with Gasteiger partial charge in [0.25, 0.3) is 5.91 Å². The van der Waals surface area contributed by atoms with Crippen molar-refractivity contribution in [2.24, 2.45) is 4.99 Å². The number of nitrogens with zero attached hydrogens (tertiary/aromatic N) is 2. The van der Waals surface area contributed by atoms with Crippen molar-refractivity contribution >= 4 is 27.5 Å². The average Bonchev–Trinajstić information content (AvgIpc) is 2.93. The molecule has 0 radical (unpaired) electrons. The number of ether oxygens (including phenoxy) is 1. The van der Waals surface area contributed by atoms with Crippen molar-refractivity contribution in [1.29, 1.82) is 0 Å². The zero-order valence-corrected chi connectivity index (χ0v) is 14.6. The number of fused-ring (bicyclic) bond motifs is 1. The monoisotopic (exact) mass is 356 g/mol. The van der Waals surface area contributed by atoms with E-state index in [2.05, 4.69) is 11.6 Å². The molecule has 0 saturated heterocycles. The summed E-state index contributed by atoms with van der Waals surface area (Å²) >= 11 is 1.40. The predicted octanol–water partition coefficient (Wildman–Crippen LogP) is 4.17. The van der Waals surface area contributed by atoms with Gasteiger partial charge >= 0.3 is 0 Å². The lowest BCUT2D eigenvalue weighted by atomic mass is 10.2. The Morgan fingerprint density at radius 3 is 2.76 bits per heavy atom. The third-order valence-corrected chi connectivity index (χ3v) is 4.61. The van der Waals surface area contributed by atoms with Gasteiger partial charge in [0, 0.05) is 12.1 Å². The van der Waals surface area contributed by atoms with Gasteiger partial charge in [-0.15, -0.1) is 6.58 Å². The minimum absolute atomic E-state index is 0.346. The predicted molar refractivity (Wildman–Crippen MR) is 97.5 cm³/mol. The van der Waals surface area contributed by atoms with E-state index in [0.29, 0.717) is 23.5 Å². The van der Waals surface area contributed by atoms with E-state index in [9.17, 15) is 9.18 Å². The number of halogens is 1. The third-order valence-electron chi connectivity index (χ3n) is 3.57. The Morgan fingerprint density at radius 1 is 1.32 bits per heavy atom. The van der Waals surface area contributed by atoms with Crippen molar-refractivity contribution in [2.75, 3.05) is 6.61 Å². The lowest BCUT2D eigenvalue weighted by molar-refractivity contribution is 0.0998. The molecule has 0 unspecified atom stereocenters. The van der Waals surface area contributed by atoms with Crippen LogP contribution in [0.4, 0.5) is 4.39 Å². The van der Waals surface area contributed by atoms with Gasteiger partial charge in [-0.25, -0.2) is 4.39 Å². The van der Waals surface area contributed by atoms with E-state index < -0.39 is 5.91 Å². The van der Waals surface area contributed by atoms with E-state index in [-0.39, 0.29) is 5.82 Å². The summed E-state index contributed by atoms with van der Waals surface area (Å²) in [6.07, 6.45) is 1.75. The molecule has 3 rings (SSSR count). The molecular weight excluding hydrogens is 339 g/mol. The highest BCUT2D eigenvalue weighted by molar-refractivity contribution is 7.16. The summed E-state index contributed by atoms with van der Waals surface area (Å²) < 4.78 is 21.4. The molecule has 2 aromatic carbocycles. The Kier molecular flexibility index (Phi) is 5.09. The number of amides is 1. The summed E-state index contributed by atoms with van der Waals surface area (Å²) in [5.41, 5.74) is 1.30. The van der Waals surface area contributed by atoms with E-state index in [4.69, 9.17) is 4.74 Å². The maximum atomic E-state index is 13.0. The Bertz CT molecular complexity index is 987. The highest BCUT2D eigenvalue weighted by Gasteiger charge is 2.10. The molecule has 0 fully saturated rings. The first-order valence-corrected chi connectivity index (χ1v) is 8.65. The minimum atomic E-state index is -0.408. The van der Waals surface area contributed by atoms with Crippen LogP contribution in [0.2, 0.25) is 0 Å². The SMILES string of the molecule is C=CCn1c(=NC(=O)c2ccc(F)cc2)sc2cc(OCC)ccc21. The van der Waals surface area contributed by atoms with Crippen LogP contribution < -0.4 is 9.54 Å². The van der Waals surface area contributed by atoms with Crippen LogP contribution in [0.15, 0.2) is 60.1 Å². The Balaban J connectivity index is 2.09. The number of aromatic nitrogens is 1. The van der Waals surface area contributed by atoms with Gasteiger partial charge in [0.15, 0.2) is 4.80 Å². The molecule has 0 aliphatic heterocycles. The van der Waals surface area contributed by atoms with Crippen LogP contribution >= 0.6 is 11.3 Å². The first kappa shape index (κ1) is 17.1. The van der Waals surface area contributed by atoms with Crippen LogP contribution in [-0.2, 0) is 6.54 Å². The molecule has 0 bridgehead atoms. The minimum Gasteiger partial charge on any atom is -0.494 e. The van der Waals surface area contributed by atoms with E-state index in [1.165, 1.54) is 35.6 Å². The van der Waals surface area contributed by atoms with Gasteiger partial charge in [-0.2, -0.15) is 4.99 Å². The van der Waals surface area contributed by atoms with Crippen molar-refractivity contribution in [1.82, 2.24) is 4.57 Å². The molecule has 0 N–H and O–H groups in total. The quantitative estimate of drug-likeness (QED) is 0.644. The first-order valence-electron chi connectivity index (χ1n) is 7.84. The molecule has 0 aliphatic carbocycles. The summed E-state index contributed by atoms with van der Waals surface area (Å²) in [6.45, 7) is 6.82. The van der Waals surface area contributed by atoms with Crippen molar-refractivity contribution in [3.8, 4) is 5.75 Å². The molecule has 0 atom stereocenters. The number of hydrogen-bond acceptors (Lipinski definition) is 3. The maximum absolute atomic E-state index is 13.0. The number of thiazole rings is 1. The van der Waals surface area contributed by atoms with Gasteiger partial charge in [0.05, 0.1) is 16.8 Å². The standard InChI is InChI=1S/C19H17FN2O2S/c1-3-11-22-16-10-9-15(24-4-2)12-17(16)25-19(22)21-18(23)13-5-7-14(20)8-6-13/h3,5-10,12H,1,4,11H2,2H3. The average molecular weight is 356 g/mol. The van der Waals surface area contributed by atoms with E-state index in [0.717, 1.165) is 16.0 Å². The second-order valence-corrected chi connectivity index (χ2v) is 6.28. The Morgan fingerprint density at radius 2 is 2.08 bits per heavy atom. The van der Waals surface area contributed by atoms with Gasteiger partial charge < -0.3 is 9.30 Å². The molecule has 3 aromatic rings. The maximum Gasteiger partial charge on any atom is 0.279 e. The van der Waals surface area contributed by atoms with E-state index in [1.54, 1.807) is 6.08 Å². The van der Waals surface area contributed by atoms with Crippen molar-refractivity contribution < 1.29 is 13.9 Å². The number of allylic oxidation sites excluding steroid dienone is 1. The third kappa shape index (κ3) is 3.69. The first-order chi connectivity index (χ1) is 12.1. The highest BCUT2D eigenvalue weighted by Crippen LogP contribution is 2.23. The molecule has 0 spiro atoms. The molecule has 0 saturated carbocycles. The summed E-state index contributed by atoms with van der Waals surface area (Å²) in [7, 11) is 0. The summed E-state index contributed by atoms with van der Waals surface area (Å²) in [6, 6.07) is 11.1. The number of hydrogen-bond donors (Lipinski definition) is 0. The summed E-state index contributed by atoms with van der Waals surface area (Å²) in [4.78, 5) is 17.2. The number of carbonyl (C=O) groups is 1. The lowest BCUT2D eigenvalue weighted by Crippen LogP contribution is -2.16. The van der Waals surface area contributed by atoms with Crippen molar-refractivity contribution in [3.05, 3.63) is 71.3 Å². The molecule has 4 nitrogen and oxygen atoms in total. The molecule has 1 heterocycles. The number of rotatable bonds is 5. The van der Waals surface area contributed by atoms with Crippen LogP contribution in [0, 0.1) is 5.82 Å². The van der Waals surface area contributed by atoms with E-state index in [1.807, 2.05) is 29.7 Å². The smallest absolute Gasteiger partial charge is 0.279 e. The fourth-order valence-electron chi connectivity index (χ4n) is 2.44. The van der Waals surface area contributed by atoms with Crippen LogP contribution in [0.25, 0.3) is 10.2 Å². The second kappa shape index (κ2) is 7.44. The summed E-state index contributed by atoms with van der Waals surface area (Å²) in [5, 5.41) is 0. The highest BCUT2D eigenvalue weighted by atomic mass is 32.1. The van der Waals surface area contributed by atoms with Crippen LogP contribution in [0.3, 0.4) is 0 Å². The molecular formula is C19H17FN2O2S. The zero-order valence-electron chi connectivity index (χ0n) is 13.7.